The number of carbonyl (C=O) groups is 1. The molecule has 0 aliphatic carbocycles. The maximum absolute atomic E-state index is 12.1. The smallest absolute Gasteiger partial charge is 0.266 e. The zero-order valence-electron chi connectivity index (χ0n) is 16.9. The van der Waals surface area contributed by atoms with Gasteiger partial charge in [-0.2, -0.15) is 5.10 Å². The van der Waals surface area contributed by atoms with Crippen LogP contribution in [0.15, 0.2) is 41.2 Å². The lowest BCUT2D eigenvalue weighted by atomic mass is 10.0. The van der Waals surface area contributed by atoms with E-state index in [-0.39, 0.29) is 24.4 Å². The summed E-state index contributed by atoms with van der Waals surface area (Å²) in [4.78, 5) is 26.7. The van der Waals surface area contributed by atoms with Crippen molar-refractivity contribution >= 4 is 17.5 Å². The Labute approximate surface area is 176 Å². The Morgan fingerprint density at radius 1 is 1.21 bits per heavy atom. The van der Waals surface area contributed by atoms with Crippen LogP contribution in [-0.4, -0.2) is 46.8 Å². The minimum atomic E-state index is -0.213. The first-order valence-electron chi connectivity index (χ1n) is 10.3. The minimum absolute atomic E-state index is 0.0531. The Morgan fingerprint density at radius 3 is 2.76 bits per heavy atom. The molecule has 0 saturated carbocycles. The molecule has 1 aromatic carbocycles. The molecule has 0 radical (unpaired) electrons. The van der Waals surface area contributed by atoms with E-state index in [0.717, 1.165) is 37.5 Å². The molecule has 1 N–H and O–H groups in total. The summed E-state index contributed by atoms with van der Waals surface area (Å²) in [6.45, 7) is 6.57. The van der Waals surface area contributed by atoms with E-state index in [1.165, 1.54) is 23.6 Å². The summed E-state index contributed by atoms with van der Waals surface area (Å²) >= 11 is 5.92. The largest absolute Gasteiger partial charge is 0.356 e. The van der Waals surface area contributed by atoms with Gasteiger partial charge in [0, 0.05) is 36.2 Å². The van der Waals surface area contributed by atoms with E-state index in [9.17, 15) is 9.59 Å². The summed E-state index contributed by atoms with van der Waals surface area (Å²) in [6, 6.07) is 10.4. The number of hydrogen-bond donors (Lipinski definition) is 1. The first-order chi connectivity index (χ1) is 14.0. The zero-order chi connectivity index (χ0) is 20.6. The maximum atomic E-state index is 12.1. The fourth-order valence-electron chi connectivity index (χ4n) is 3.70. The van der Waals surface area contributed by atoms with E-state index in [4.69, 9.17) is 11.6 Å². The van der Waals surface area contributed by atoms with Gasteiger partial charge < -0.3 is 10.2 Å². The highest BCUT2D eigenvalue weighted by atomic mass is 35.5. The van der Waals surface area contributed by atoms with Gasteiger partial charge in [0.05, 0.1) is 12.2 Å². The predicted molar refractivity (Wildman–Crippen MR) is 116 cm³/mol. The van der Waals surface area contributed by atoms with Crippen molar-refractivity contribution in [3.63, 3.8) is 0 Å². The normalized spacial score (nSPS) is 17.2. The van der Waals surface area contributed by atoms with E-state index in [1.54, 1.807) is 18.2 Å². The topological polar surface area (TPSA) is 67.2 Å². The van der Waals surface area contributed by atoms with Crippen LogP contribution in [0.1, 0.15) is 32.6 Å². The van der Waals surface area contributed by atoms with Gasteiger partial charge in [-0.05, 0) is 56.5 Å². The number of hydrogen-bond acceptors (Lipinski definition) is 4. The Kier molecular flexibility index (Phi) is 7.83. The van der Waals surface area contributed by atoms with Crippen molar-refractivity contribution in [1.29, 1.82) is 0 Å². The lowest BCUT2D eigenvalue weighted by Gasteiger charge is -2.30. The maximum Gasteiger partial charge on any atom is 0.266 e. The molecular formula is C22H29ClN4O2. The van der Waals surface area contributed by atoms with E-state index in [0.29, 0.717) is 17.3 Å². The molecule has 1 amide bonds. The molecule has 1 unspecified atom stereocenters. The third kappa shape index (κ3) is 6.68. The van der Waals surface area contributed by atoms with Crippen molar-refractivity contribution in [2.75, 3.05) is 26.2 Å². The number of likely N-dealkylation sites (tertiary alicyclic amines) is 1. The molecule has 156 valence electrons. The van der Waals surface area contributed by atoms with Crippen LogP contribution in [0.5, 0.6) is 0 Å². The highest BCUT2D eigenvalue weighted by Gasteiger charge is 2.15. The van der Waals surface area contributed by atoms with Gasteiger partial charge in [0.15, 0.2) is 0 Å². The van der Waals surface area contributed by atoms with Gasteiger partial charge >= 0.3 is 0 Å². The third-order valence-electron chi connectivity index (χ3n) is 5.27. The van der Waals surface area contributed by atoms with E-state index in [2.05, 4.69) is 22.2 Å². The molecule has 1 aliphatic rings. The third-order valence-corrected chi connectivity index (χ3v) is 5.52. The van der Waals surface area contributed by atoms with Crippen LogP contribution in [0, 0.1) is 5.92 Å². The van der Waals surface area contributed by atoms with Crippen molar-refractivity contribution in [3.05, 3.63) is 51.8 Å². The van der Waals surface area contributed by atoms with Gasteiger partial charge in [-0.25, -0.2) is 4.68 Å². The van der Waals surface area contributed by atoms with Crippen LogP contribution in [0.4, 0.5) is 0 Å². The molecule has 6 nitrogen and oxygen atoms in total. The molecule has 1 aliphatic heterocycles. The van der Waals surface area contributed by atoms with Gasteiger partial charge in [0.25, 0.3) is 5.56 Å². The number of carbonyl (C=O) groups excluding carboxylic acids is 1. The molecule has 1 fully saturated rings. The highest BCUT2D eigenvalue weighted by Crippen LogP contribution is 2.18. The quantitative estimate of drug-likeness (QED) is 0.671. The van der Waals surface area contributed by atoms with E-state index in [1.807, 2.05) is 12.1 Å². The molecule has 3 rings (SSSR count). The van der Waals surface area contributed by atoms with E-state index < -0.39 is 0 Å². The SMILES string of the molecule is CC1CCCN(CCCNC(=O)CCn2nc(-c3ccc(Cl)cc3)ccc2=O)C1. The Morgan fingerprint density at radius 2 is 2.00 bits per heavy atom. The average Bonchev–Trinajstić information content (AvgIpc) is 2.71. The second-order valence-corrected chi connectivity index (χ2v) is 8.22. The lowest BCUT2D eigenvalue weighted by Crippen LogP contribution is -2.36. The first-order valence-corrected chi connectivity index (χ1v) is 10.7. The molecular weight excluding hydrogens is 388 g/mol. The second kappa shape index (κ2) is 10.6. The molecule has 29 heavy (non-hydrogen) atoms. The Hall–Kier alpha value is -2.18. The molecule has 0 spiro atoms. The van der Waals surface area contributed by atoms with Crippen LogP contribution < -0.4 is 10.9 Å². The molecule has 1 atom stereocenters. The molecule has 2 aromatic rings. The lowest BCUT2D eigenvalue weighted by molar-refractivity contribution is -0.121. The second-order valence-electron chi connectivity index (χ2n) is 7.79. The number of nitrogens with one attached hydrogen (secondary N) is 1. The number of halogens is 1. The van der Waals surface area contributed by atoms with Crippen LogP contribution in [0.3, 0.4) is 0 Å². The van der Waals surface area contributed by atoms with Crippen molar-refractivity contribution in [2.45, 2.75) is 39.2 Å². The van der Waals surface area contributed by atoms with Crippen LogP contribution >= 0.6 is 11.6 Å². The molecule has 1 saturated heterocycles. The van der Waals surface area contributed by atoms with Crippen LogP contribution in [0.25, 0.3) is 11.3 Å². The summed E-state index contributed by atoms with van der Waals surface area (Å²) in [7, 11) is 0. The number of aryl methyl sites for hydroxylation is 1. The van der Waals surface area contributed by atoms with Gasteiger partial charge in [-0.15, -0.1) is 0 Å². The average molecular weight is 417 g/mol. The van der Waals surface area contributed by atoms with E-state index >= 15 is 0 Å². The van der Waals surface area contributed by atoms with Crippen LogP contribution in [-0.2, 0) is 11.3 Å². The van der Waals surface area contributed by atoms with Crippen molar-refractivity contribution in [2.24, 2.45) is 5.92 Å². The molecule has 1 aromatic heterocycles. The van der Waals surface area contributed by atoms with Gasteiger partial charge in [0.1, 0.15) is 0 Å². The van der Waals surface area contributed by atoms with Crippen LogP contribution in [0.2, 0.25) is 5.02 Å². The summed E-state index contributed by atoms with van der Waals surface area (Å²) in [5.41, 5.74) is 1.34. The number of aromatic nitrogens is 2. The Balaban J connectivity index is 1.44. The molecule has 2 heterocycles. The fourth-order valence-corrected chi connectivity index (χ4v) is 3.83. The number of rotatable bonds is 8. The monoisotopic (exact) mass is 416 g/mol. The molecule has 0 bridgehead atoms. The van der Waals surface area contributed by atoms with Gasteiger partial charge in [-0.3, -0.25) is 9.59 Å². The van der Waals surface area contributed by atoms with Gasteiger partial charge in [-0.1, -0.05) is 30.7 Å². The van der Waals surface area contributed by atoms with Crippen molar-refractivity contribution in [3.8, 4) is 11.3 Å². The molecule has 7 heteroatoms. The van der Waals surface area contributed by atoms with Gasteiger partial charge in [0.2, 0.25) is 5.91 Å². The summed E-state index contributed by atoms with van der Waals surface area (Å²) in [6.07, 6.45) is 3.77. The number of piperidine rings is 1. The predicted octanol–water partition coefficient (Wildman–Crippen LogP) is 3.19. The minimum Gasteiger partial charge on any atom is -0.356 e. The zero-order valence-corrected chi connectivity index (χ0v) is 17.7. The summed E-state index contributed by atoms with van der Waals surface area (Å²) in [5, 5.41) is 7.98. The number of benzene rings is 1. The number of nitrogens with zero attached hydrogens (tertiary/aromatic N) is 3. The Bertz CT molecular complexity index is 866. The summed E-state index contributed by atoms with van der Waals surface area (Å²) in [5.74, 6) is 0.718. The summed E-state index contributed by atoms with van der Waals surface area (Å²) < 4.78 is 1.35. The highest BCUT2D eigenvalue weighted by molar-refractivity contribution is 6.30. The van der Waals surface area contributed by atoms with Crippen molar-refractivity contribution < 1.29 is 4.79 Å². The standard InChI is InChI=1S/C22H29ClN4O2/c1-17-4-2-13-26(16-17)14-3-12-24-21(28)11-15-27-22(29)10-9-20(25-27)18-5-7-19(23)8-6-18/h5-10,17H,2-4,11-16H2,1H3,(H,24,28). The van der Waals surface area contributed by atoms with Crippen molar-refractivity contribution in [1.82, 2.24) is 20.0 Å². The number of amides is 1. The fraction of sp³-hybridized carbons (Fsp3) is 0.500. The first kappa shape index (κ1) is 21.5.